The summed E-state index contributed by atoms with van der Waals surface area (Å²) in [5, 5.41) is 0. The average molecular weight is 283 g/mol. The van der Waals surface area contributed by atoms with E-state index in [0.29, 0.717) is 31.6 Å². The number of rotatable bonds is 2. The highest BCUT2D eigenvalue weighted by Gasteiger charge is 2.61. The Labute approximate surface area is 118 Å². The summed E-state index contributed by atoms with van der Waals surface area (Å²) in [5.74, 6) is 0.794. The molecule has 3 nitrogen and oxygen atoms in total. The second-order valence-corrected chi connectivity index (χ2v) is 6.73. The molecule has 3 saturated carbocycles. The van der Waals surface area contributed by atoms with Crippen molar-refractivity contribution in [2.75, 3.05) is 5.88 Å². The van der Waals surface area contributed by atoms with Gasteiger partial charge in [-0.25, -0.2) is 0 Å². The van der Waals surface area contributed by atoms with E-state index in [1.165, 1.54) is 0 Å². The Balaban J connectivity index is 1.92. The van der Waals surface area contributed by atoms with Crippen LogP contribution in [0.3, 0.4) is 0 Å². The molecule has 4 heteroatoms. The zero-order chi connectivity index (χ0) is 13.7. The zero-order valence-electron chi connectivity index (χ0n) is 11.1. The monoisotopic (exact) mass is 282 g/mol. The molecule has 3 unspecified atom stereocenters. The third-order valence-corrected chi connectivity index (χ3v) is 5.79. The van der Waals surface area contributed by atoms with E-state index in [-0.39, 0.29) is 52.9 Å². The Kier molecular flexibility index (Phi) is 3.28. The van der Waals surface area contributed by atoms with Crippen molar-refractivity contribution < 1.29 is 14.4 Å². The number of carbonyl (C=O) groups is 3. The molecule has 0 amide bonds. The third-order valence-electron chi connectivity index (χ3n) is 5.57. The minimum atomic E-state index is -0.190. The summed E-state index contributed by atoms with van der Waals surface area (Å²) < 4.78 is 0. The molecule has 3 aliphatic rings. The number of ketones is 3. The molecule has 3 rings (SSSR count). The SMILES string of the molecule is CC1C(CCCl)C(=O)C2[C@H]1C(=O)[C@H]1CCC(=O)C[C@@H]21. The fraction of sp³-hybridized carbons (Fsp3) is 0.800. The minimum absolute atomic E-state index is 0.00553. The Morgan fingerprint density at radius 2 is 1.89 bits per heavy atom. The van der Waals surface area contributed by atoms with Crippen molar-refractivity contribution in [3.63, 3.8) is 0 Å². The predicted molar refractivity (Wildman–Crippen MR) is 70.8 cm³/mol. The smallest absolute Gasteiger partial charge is 0.140 e. The lowest BCUT2D eigenvalue weighted by Crippen LogP contribution is -2.31. The van der Waals surface area contributed by atoms with Crippen LogP contribution in [0.5, 0.6) is 0 Å². The highest BCUT2D eigenvalue weighted by atomic mass is 35.5. The lowest BCUT2D eigenvalue weighted by molar-refractivity contribution is -0.129. The van der Waals surface area contributed by atoms with Crippen LogP contribution in [0.1, 0.15) is 32.6 Å². The van der Waals surface area contributed by atoms with Gasteiger partial charge in [0.1, 0.15) is 17.3 Å². The van der Waals surface area contributed by atoms with E-state index in [0.717, 1.165) is 0 Å². The normalized spacial score (nSPS) is 45.5. The summed E-state index contributed by atoms with van der Waals surface area (Å²) in [6.07, 6.45) is 2.27. The molecule has 0 aliphatic heterocycles. The Morgan fingerprint density at radius 3 is 2.58 bits per heavy atom. The molecular formula is C15H19ClO3. The number of hydrogen-bond donors (Lipinski definition) is 0. The topological polar surface area (TPSA) is 51.2 Å². The maximum absolute atomic E-state index is 12.6. The van der Waals surface area contributed by atoms with Crippen LogP contribution in [-0.2, 0) is 14.4 Å². The van der Waals surface area contributed by atoms with Crippen LogP contribution in [0.15, 0.2) is 0 Å². The van der Waals surface area contributed by atoms with Crippen LogP contribution in [0.4, 0.5) is 0 Å². The van der Waals surface area contributed by atoms with E-state index < -0.39 is 0 Å². The summed E-state index contributed by atoms with van der Waals surface area (Å²) in [6.45, 7) is 2.01. The number of carbonyl (C=O) groups excluding carboxylic acids is 3. The number of hydrogen-bond acceptors (Lipinski definition) is 3. The van der Waals surface area contributed by atoms with Gasteiger partial charge in [-0.05, 0) is 24.7 Å². The fourth-order valence-electron chi connectivity index (χ4n) is 4.71. The lowest BCUT2D eigenvalue weighted by atomic mass is 9.75. The number of fused-ring (bicyclic) bond motifs is 3. The average Bonchev–Trinajstić information content (AvgIpc) is 2.79. The van der Waals surface area contributed by atoms with Crippen LogP contribution >= 0.6 is 11.6 Å². The third kappa shape index (κ3) is 1.81. The van der Waals surface area contributed by atoms with Gasteiger partial charge in [-0.15, -0.1) is 11.6 Å². The molecule has 0 N–H and O–H groups in total. The van der Waals surface area contributed by atoms with E-state index in [2.05, 4.69) is 0 Å². The number of halogens is 1. The molecule has 104 valence electrons. The Hall–Kier alpha value is -0.700. The maximum atomic E-state index is 12.6. The summed E-state index contributed by atoms with van der Waals surface area (Å²) in [7, 11) is 0. The minimum Gasteiger partial charge on any atom is -0.300 e. The van der Waals surface area contributed by atoms with Gasteiger partial charge >= 0.3 is 0 Å². The molecule has 6 atom stereocenters. The molecule has 0 radical (unpaired) electrons. The van der Waals surface area contributed by atoms with Gasteiger partial charge in [0.05, 0.1) is 0 Å². The first-order valence-electron chi connectivity index (χ1n) is 7.21. The van der Waals surface area contributed by atoms with E-state index in [9.17, 15) is 14.4 Å². The van der Waals surface area contributed by atoms with Crippen molar-refractivity contribution in [2.45, 2.75) is 32.6 Å². The summed E-state index contributed by atoms with van der Waals surface area (Å²) in [5.41, 5.74) is 0. The summed E-state index contributed by atoms with van der Waals surface area (Å²) in [4.78, 5) is 36.8. The van der Waals surface area contributed by atoms with E-state index in [1.807, 2.05) is 6.92 Å². The molecular weight excluding hydrogens is 264 g/mol. The Morgan fingerprint density at radius 1 is 1.16 bits per heavy atom. The quantitative estimate of drug-likeness (QED) is 0.730. The van der Waals surface area contributed by atoms with E-state index in [1.54, 1.807) is 0 Å². The van der Waals surface area contributed by atoms with Crippen molar-refractivity contribution in [2.24, 2.45) is 35.5 Å². The van der Waals surface area contributed by atoms with Crippen molar-refractivity contribution >= 4 is 29.0 Å². The molecule has 19 heavy (non-hydrogen) atoms. The molecule has 0 spiro atoms. The molecule has 0 aromatic heterocycles. The second-order valence-electron chi connectivity index (χ2n) is 6.35. The first-order valence-corrected chi connectivity index (χ1v) is 7.74. The van der Waals surface area contributed by atoms with Gasteiger partial charge in [0.15, 0.2) is 0 Å². The molecule has 0 saturated heterocycles. The molecule has 3 fully saturated rings. The first kappa shape index (κ1) is 13.3. The summed E-state index contributed by atoms with van der Waals surface area (Å²) >= 11 is 5.77. The highest BCUT2D eigenvalue weighted by molar-refractivity contribution is 6.18. The van der Waals surface area contributed by atoms with Gasteiger partial charge in [0.2, 0.25) is 0 Å². The van der Waals surface area contributed by atoms with Crippen molar-refractivity contribution in [3.8, 4) is 0 Å². The van der Waals surface area contributed by atoms with Crippen molar-refractivity contribution in [1.29, 1.82) is 0 Å². The maximum Gasteiger partial charge on any atom is 0.140 e. The van der Waals surface area contributed by atoms with Crippen LogP contribution in [0, 0.1) is 35.5 Å². The van der Waals surface area contributed by atoms with Crippen molar-refractivity contribution in [3.05, 3.63) is 0 Å². The largest absolute Gasteiger partial charge is 0.300 e. The van der Waals surface area contributed by atoms with Gasteiger partial charge in [-0.3, -0.25) is 14.4 Å². The highest BCUT2D eigenvalue weighted by Crippen LogP contribution is 2.55. The van der Waals surface area contributed by atoms with Gasteiger partial charge in [0, 0.05) is 42.4 Å². The molecule has 0 aromatic rings. The lowest BCUT2D eigenvalue weighted by Gasteiger charge is -2.27. The van der Waals surface area contributed by atoms with Crippen LogP contribution in [0.2, 0.25) is 0 Å². The van der Waals surface area contributed by atoms with Crippen LogP contribution < -0.4 is 0 Å². The second kappa shape index (κ2) is 4.69. The van der Waals surface area contributed by atoms with Crippen LogP contribution in [-0.4, -0.2) is 23.2 Å². The molecule has 0 bridgehead atoms. The van der Waals surface area contributed by atoms with Gasteiger partial charge in [-0.2, -0.15) is 0 Å². The molecule has 0 aromatic carbocycles. The van der Waals surface area contributed by atoms with Crippen LogP contribution in [0.25, 0.3) is 0 Å². The van der Waals surface area contributed by atoms with Gasteiger partial charge in [0.25, 0.3) is 0 Å². The molecule has 3 aliphatic carbocycles. The molecule has 0 heterocycles. The number of Topliss-reactive ketones (excluding diaryl/α,β-unsaturated/α-hetero) is 3. The summed E-state index contributed by atoms with van der Waals surface area (Å²) in [6, 6.07) is 0. The van der Waals surface area contributed by atoms with Crippen molar-refractivity contribution in [1.82, 2.24) is 0 Å². The van der Waals surface area contributed by atoms with Gasteiger partial charge in [-0.1, -0.05) is 6.92 Å². The van der Waals surface area contributed by atoms with Gasteiger partial charge < -0.3 is 0 Å². The zero-order valence-corrected chi connectivity index (χ0v) is 11.9. The van der Waals surface area contributed by atoms with E-state index in [4.69, 9.17) is 11.6 Å². The number of alkyl halides is 1. The Bertz CT molecular complexity index is 445. The first-order chi connectivity index (χ1) is 9.06. The van der Waals surface area contributed by atoms with E-state index >= 15 is 0 Å². The standard InChI is InChI=1S/C15H19ClO3/c1-7-9(4-5-16)14(18)13-11-6-8(17)2-3-10(11)15(19)12(7)13/h7,9-13H,2-6H2,1H3/t7?,9?,10-,11+,12-,13?/m0/s1. The fourth-order valence-corrected chi connectivity index (χ4v) is 4.95. The predicted octanol–water partition coefficient (Wildman–Crippen LogP) is 2.25.